The summed E-state index contributed by atoms with van der Waals surface area (Å²) in [6, 6.07) is 6.17. The summed E-state index contributed by atoms with van der Waals surface area (Å²) in [6.07, 6.45) is 1.14. The Morgan fingerprint density at radius 3 is 2.19 bits per heavy atom. The zero-order valence-corrected chi connectivity index (χ0v) is 9.91. The van der Waals surface area contributed by atoms with Crippen molar-refractivity contribution in [2.24, 2.45) is 5.84 Å². The summed E-state index contributed by atoms with van der Waals surface area (Å²) >= 11 is 0. The van der Waals surface area contributed by atoms with Crippen LogP contribution in [0.3, 0.4) is 0 Å². The number of hydrazine groups is 1. The normalized spacial score (nSPS) is 13.2. The molecule has 16 heavy (non-hydrogen) atoms. The zero-order chi connectivity index (χ0) is 12.3. The molecule has 5 nitrogen and oxygen atoms in total. The number of sulfone groups is 1. The minimum absolute atomic E-state index is 0.233. The van der Waals surface area contributed by atoms with Gasteiger partial charge in [0.25, 0.3) is 0 Å². The highest BCUT2D eigenvalue weighted by molar-refractivity contribution is 7.90. The summed E-state index contributed by atoms with van der Waals surface area (Å²) in [7, 11) is -3.20. The molecular formula is C10H14N2O3S. The number of carbonyl (C=O) groups is 1. The average molecular weight is 242 g/mol. The van der Waals surface area contributed by atoms with Crippen LogP contribution in [0.5, 0.6) is 0 Å². The molecular weight excluding hydrogens is 228 g/mol. The molecule has 3 N–H and O–H groups in total. The lowest BCUT2D eigenvalue weighted by molar-refractivity contribution is -0.122. The van der Waals surface area contributed by atoms with Crippen LogP contribution in [0, 0.1) is 0 Å². The molecule has 0 radical (unpaired) electrons. The first-order valence-electron chi connectivity index (χ1n) is 4.66. The van der Waals surface area contributed by atoms with E-state index in [-0.39, 0.29) is 10.8 Å². The van der Waals surface area contributed by atoms with Crippen LogP contribution in [0.15, 0.2) is 29.2 Å². The van der Waals surface area contributed by atoms with Crippen LogP contribution in [0.1, 0.15) is 18.4 Å². The van der Waals surface area contributed by atoms with Crippen LogP contribution in [0.25, 0.3) is 0 Å². The molecule has 1 unspecified atom stereocenters. The second-order valence-electron chi connectivity index (χ2n) is 3.57. The lowest BCUT2D eigenvalue weighted by atomic mass is 10.0. The van der Waals surface area contributed by atoms with Crippen molar-refractivity contribution in [3.05, 3.63) is 29.8 Å². The van der Waals surface area contributed by atoms with Crippen molar-refractivity contribution in [2.75, 3.05) is 6.26 Å². The third-order valence-corrected chi connectivity index (χ3v) is 3.47. The van der Waals surface area contributed by atoms with Crippen molar-refractivity contribution in [1.29, 1.82) is 0 Å². The van der Waals surface area contributed by atoms with Crippen molar-refractivity contribution in [1.82, 2.24) is 5.43 Å². The van der Waals surface area contributed by atoms with Crippen LogP contribution >= 0.6 is 0 Å². The van der Waals surface area contributed by atoms with Gasteiger partial charge in [0, 0.05) is 6.26 Å². The second kappa shape index (κ2) is 4.63. The number of hydrogen-bond donors (Lipinski definition) is 2. The molecule has 1 aromatic rings. The summed E-state index contributed by atoms with van der Waals surface area (Å²) in [4.78, 5) is 11.5. The molecule has 0 aliphatic heterocycles. The first kappa shape index (κ1) is 12.7. The Morgan fingerprint density at radius 1 is 1.31 bits per heavy atom. The van der Waals surface area contributed by atoms with Crippen LogP contribution in [0.4, 0.5) is 0 Å². The number of rotatable bonds is 3. The third kappa shape index (κ3) is 2.80. The van der Waals surface area contributed by atoms with Gasteiger partial charge in [-0.25, -0.2) is 14.3 Å². The minimum atomic E-state index is -3.20. The highest BCUT2D eigenvalue weighted by Gasteiger charge is 2.14. The van der Waals surface area contributed by atoms with Gasteiger partial charge in [0.1, 0.15) is 0 Å². The van der Waals surface area contributed by atoms with Crippen LogP contribution in [-0.2, 0) is 14.6 Å². The van der Waals surface area contributed by atoms with E-state index >= 15 is 0 Å². The van der Waals surface area contributed by atoms with Gasteiger partial charge in [0.05, 0.1) is 10.8 Å². The van der Waals surface area contributed by atoms with Gasteiger partial charge in [0.2, 0.25) is 5.91 Å². The summed E-state index contributed by atoms with van der Waals surface area (Å²) in [6.45, 7) is 1.69. The first-order chi connectivity index (χ1) is 7.36. The Morgan fingerprint density at radius 2 is 1.81 bits per heavy atom. The van der Waals surface area contributed by atoms with E-state index < -0.39 is 15.8 Å². The van der Waals surface area contributed by atoms with Crippen molar-refractivity contribution in [3.63, 3.8) is 0 Å². The van der Waals surface area contributed by atoms with Crippen molar-refractivity contribution in [3.8, 4) is 0 Å². The quantitative estimate of drug-likeness (QED) is 0.449. The fourth-order valence-corrected chi connectivity index (χ4v) is 1.91. The lowest BCUT2D eigenvalue weighted by Crippen LogP contribution is -2.33. The maximum Gasteiger partial charge on any atom is 0.241 e. The maximum absolute atomic E-state index is 11.2. The third-order valence-electron chi connectivity index (χ3n) is 2.34. The van der Waals surface area contributed by atoms with E-state index in [0.29, 0.717) is 0 Å². The number of nitrogens with two attached hydrogens (primary N) is 1. The Labute approximate surface area is 94.5 Å². The molecule has 0 heterocycles. The summed E-state index contributed by atoms with van der Waals surface area (Å²) in [5.41, 5.74) is 2.77. The fraction of sp³-hybridized carbons (Fsp3) is 0.300. The van der Waals surface area contributed by atoms with Crippen LogP contribution in [-0.4, -0.2) is 20.6 Å². The SMILES string of the molecule is CC(C(=O)NN)c1ccc(S(C)(=O)=O)cc1. The molecule has 0 aromatic heterocycles. The van der Waals surface area contributed by atoms with Crippen molar-refractivity contribution < 1.29 is 13.2 Å². The molecule has 1 amide bonds. The molecule has 0 saturated heterocycles. The Kier molecular flexibility index (Phi) is 3.66. The summed E-state index contributed by atoms with van der Waals surface area (Å²) < 4.78 is 22.4. The van der Waals surface area contributed by atoms with Gasteiger partial charge in [-0.05, 0) is 24.6 Å². The number of amides is 1. The average Bonchev–Trinajstić information content (AvgIpc) is 2.26. The number of carbonyl (C=O) groups excluding carboxylic acids is 1. The van der Waals surface area contributed by atoms with E-state index in [9.17, 15) is 13.2 Å². The molecule has 6 heteroatoms. The Balaban J connectivity index is 3.00. The van der Waals surface area contributed by atoms with E-state index in [1.165, 1.54) is 12.1 Å². The lowest BCUT2D eigenvalue weighted by Gasteiger charge is -2.10. The van der Waals surface area contributed by atoms with Gasteiger partial charge in [-0.2, -0.15) is 0 Å². The summed E-state index contributed by atoms with van der Waals surface area (Å²) in [5, 5.41) is 0. The topological polar surface area (TPSA) is 89.3 Å². The maximum atomic E-state index is 11.2. The molecule has 0 aliphatic rings. The largest absolute Gasteiger partial charge is 0.294 e. The Bertz CT molecular complexity index is 479. The summed E-state index contributed by atoms with van der Waals surface area (Å²) in [5.74, 6) is 4.30. The van der Waals surface area contributed by atoms with Crippen molar-refractivity contribution >= 4 is 15.7 Å². The predicted octanol–water partition coefficient (Wildman–Crippen LogP) is 0.183. The monoisotopic (exact) mass is 242 g/mol. The van der Waals surface area contributed by atoms with Gasteiger partial charge in [-0.1, -0.05) is 12.1 Å². The van der Waals surface area contributed by atoms with Gasteiger partial charge in [0.15, 0.2) is 9.84 Å². The van der Waals surface area contributed by atoms with Crippen molar-refractivity contribution in [2.45, 2.75) is 17.7 Å². The Hall–Kier alpha value is -1.40. The predicted molar refractivity (Wildman–Crippen MR) is 60.3 cm³/mol. The van der Waals surface area contributed by atoms with Gasteiger partial charge < -0.3 is 0 Å². The smallest absolute Gasteiger partial charge is 0.241 e. The molecule has 1 aromatic carbocycles. The number of hydrogen-bond acceptors (Lipinski definition) is 4. The van der Waals surface area contributed by atoms with E-state index in [2.05, 4.69) is 5.43 Å². The van der Waals surface area contributed by atoms with Gasteiger partial charge in [-0.3, -0.25) is 10.2 Å². The molecule has 1 atom stereocenters. The zero-order valence-electron chi connectivity index (χ0n) is 9.10. The molecule has 88 valence electrons. The second-order valence-corrected chi connectivity index (χ2v) is 5.59. The van der Waals surface area contributed by atoms with Crippen LogP contribution < -0.4 is 11.3 Å². The fourth-order valence-electron chi connectivity index (χ4n) is 1.28. The molecule has 0 aliphatic carbocycles. The van der Waals surface area contributed by atoms with Crippen LogP contribution in [0.2, 0.25) is 0 Å². The van der Waals surface area contributed by atoms with E-state index in [1.807, 2.05) is 0 Å². The highest BCUT2D eigenvalue weighted by Crippen LogP contribution is 2.17. The molecule has 0 saturated carbocycles. The van der Waals surface area contributed by atoms with E-state index in [1.54, 1.807) is 19.1 Å². The molecule has 0 bridgehead atoms. The number of benzene rings is 1. The van der Waals surface area contributed by atoms with E-state index in [4.69, 9.17) is 5.84 Å². The molecule has 0 fully saturated rings. The molecule has 1 rings (SSSR count). The first-order valence-corrected chi connectivity index (χ1v) is 6.56. The van der Waals surface area contributed by atoms with Gasteiger partial charge in [-0.15, -0.1) is 0 Å². The van der Waals surface area contributed by atoms with E-state index in [0.717, 1.165) is 11.8 Å². The minimum Gasteiger partial charge on any atom is -0.294 e. The van der Waals surface area contributed by atoms with Gasteiger partial charge >= 0.3 is 0 Å². The number of nitrogens with one attached hydrogen (secondary N) is 1. The standard InChI is InChI=1S/C10H14N2O3S/c1-7(10(13)12-11)8-3-5-9(6-4-8)16(2,14)15/h3-7H,11H2,1-2H3,(H,12,13). The highest BCUT2D eigenvalue weighted by atomic mass is 32.2. The molecule has 0 spiro atoms.